The van der Waals surface area contributed by atoms with E-state index in [1.165, 1.54) is 6.07 Å². The number of halogens is 1. The molecule has 0 spiro atoms. The summed E-state index contributed by atoms with van der Waals surface area (Å²) in [4.78, 5) is 25.6. The first-order valence-corrected chi connectivity index (χ1v) is 9.43. The highest BCUT2D eigenvalue weighted by molar-refractivity contribution is 7.12. The van der Waals surface area contributed by atoms with Crippen LogP contribution in [0.5, 0.6) is 5.75 Å². The van der Waals surface area contributed by atoms with Crippen LogP contribution in [-0.4, -0.2) is 16.1 Å². The van der Waals surface area contributed by atoms with Gasteiger partial charge in [0, 0.05) is 17.0 Å². The maximum Gasteiger partial charge on any atom is 0.271 e. The van der Waals surface area contributed by atoms with Gasteiger partial charge in [0.25, 0.3) is 5.56 Å². The Balaban J connectivity index is 1.86. The summed E-state index contributed by atoms with van der Waals surface area (Å²) < 4.78 is 24.7. The molecule has 1 aliphatic rings. The highest BCUT2D eigenvalue weighted by Crippen LogP contribution is 2.40. The first-order valence-electron chi connectivity index (χ1n) is 8.62. The van der Waals surface area contributed by atoms with Crippen molar-refractivity contribution in [2.24, 2.45) is 0 Å². The first kappa shape index (κ1) is 16.3. The topological polar surface area (TPSA) is 64.1 Å². The minimum Gasteiger partial charge on any atom is -0.497 e. The number of nitrogens with one attached hydrogen (secondary N) is 1. The highest BCUT2D eigenvalue weighted by atomic mass is 32.1. The Morgan fingerprint density at radius 1 is 1.19 bits per heavy atom. The number of hydrogen-bond donors (Lipinski definition) is 1. The summed E-state index contributed by atoms with van der Waals surface area (Å²) in [5, 5.41) is 0.365. The van der Waals surface area contributed by atoms with E-state index in [0.29, 0.717) is 27.2 Å². The van der Waals surface area contributed by atoms with Crippen LogP contribution in [0.1, 0.15) is 18.9 Å². The van der Waals surface area contributed by atoms with Crippen LogP contribution in [0.15, 0.2) is 46.0 Å². The SMILES string of the molecule is COc1ccc(-c2cc3c(cc2F)c(=O)c2c(=O)[nH]sc2n3C2CC2)cc1. The van der Waals surface area contributed by atoms with Gasteiger partial charge in [0.15, 0.2) is 0 Å². The van der Waals surface area contributed by atoms with Crippen molar-refractivity contribution in [1.82, 2.24) is 8.94 Å². The molecule has 0 amide bonds. The molecule has 0 radical (unpaired) electrons. The average Bonchev–Trinajstić information content (AvgIpc) is 3.44. The fourth-order valence-electron chi connectivity index (χ4n) is 3.54. The van der Waals surface area contributed by atoms with Crippen LogP contribution < -0.4 is 15.7 Å². The van der Waals surface area contributed by atoms with Crippen molar-refractivity contribution in [3.05, 3.63) is 62.8 Å². The lowest BCUT2D eigenvalue weighted by Gasteiger charge is -2.13. The number of ether oxygens (including phenoxy) is 1. The molecule has 0 saturated heterocycles. The summed E-state index contributed by atoms with van der Waals surface area (Å²) in [6.07, 6.45) is 1.96. The fourth-order valence-corrected chi connectivity index (χ4v) is 4.46. The van der Waals surface area contributed by atoms with Crippen LogP contribution in [0, 0.1) is 5.82 Å². The molecule has 1 saturated carbocycles. The molecule has 0 atom stereocenters. The van der Waals surface area contributed by atoms with Gasteiger partial charge in [-0.2, -0.15) is 0 Å². The molecule has 2 aromatic heterocycles. The molecule has 1 fully saturated rings. The number of aromatic nitrogens is 2. The smallest absolute Gasteiger partial charge is 0.271 e. The van der Waals surface area contributed by atoms with Crippen LogP contribution in [-0.2, 0) is 0 Å². The molecule has 2 heterocycles. The number of pyridine rings is 1. The second-order valence-electron chi connectivity index (χ2n) is 6.72. The van der Waals surface area contributed by atoms with E-state index in [4.69, 9.17) is 4.74 Å². The lowest BCUT2D eigenvalue weighted by Crippen LogP contribution is -2.15. The minimum absolute atomic E-state index is 0.121. The predicted molar refractivity (Wildman–Crippen MR) is 104 cm³/mol. The highest BCUT2D eigenvalue weighted by Gasteiger charge is 2.29. The number of hydrogen-bond acceptors (Lipinski definition) is 4. The summed E-state index contributed by atoms with van der Waals surface area (Å²) in [7, 11) is 1.58. The van der Waals surface area contributed by atoms with Crippen LogP contribution in [0.2, 0.25) is 0 Å². The monoisotopic (exact) mass is 382 g/mol. The average molecular weight is 382 g/mol. The van der Waals surface area contributed by atoms with Crippen molar-refractivity contribution in [1.29, 1.82) is 0 Å². The molecule has 27 heavy (non-hydrogen) atoms. The Labute approximate surface area is 156 Å². The van der Waals surface area contributed by atoms with Crippen molar-refractivity contribution in [3.8, 4) is 16.9 Å². The molecule has 0 aliphatic heterocycles. The van der Waals surface area contributed by atoms with E-state index < -0.39 is 16.8 Å². The van der Waals surface area contributed by atoms with Crippen LogP contribution in [0.25, 0.3) is 32.2 Å². The standard InChI is InChI=1S/C20H15FN2O3S/c1-26-12-6-2-10(3-7-12)13-9-16-14(8-15(13)21)18(24)17-19(25)22-27-20(17)23(16)11-4-5-11/h2-3,6-9,11H,4-5H2,1H3,(H,22,25). The van der Waals surface area contributed by atoms with E-state index in [0.717, 1.165) is 24.4 Å². The van der Waals surface area contributed by atoms with E-state index in [2.05, 4.69) is 4.37 Å². The molecule has 0 unspecified atom stereocenters. The van der Waals surface area contributed by atoms with Gasteiger partial charge in [-0.3, -0.25) is 14.0 Å². The number of H-pyrrole nitrogens is 1. The van der Waals surface area contributed by atoms with Crippen molar-refractivity contribution < 1.29 is 9.13 Å². The van der Waals surface area contributed by atoms with Crippen LogP contribution in [0.4, 0.5) is 4.39 Å². The first-order chi connectivity index (χ1) is 13.1. The van der Waals surface area contributed by atoms with Gasteiger partial charge in [0.2, 0.25) is 5.43 Å². The Hall–Kier alpha value is -2.93. The summed E-state index contributed by atoms with van der Waals surface area (Å²) >= 11 is 1.16. The minimum atomic E-state index is -0.488. The van der Waals surface area contributed by atoms with Gasteiger partial charge < -0.3 is 9.30 Å². The number of methoxy groups -OCH3 is 1. The molecule has 1 N–H and O–H groups in total. The Morgan fingerprint density at radius 3 is 2.59 bits per heavy atom. The van der Waals surface area contributed by atoms with Gasteiger partial charge in [-0.25, -0.2) is 4.39 Å². The maximum atomic E-state index is 14.9. The van der Waals surface area contributed by atoms with Gasteiger partial charge >= 0.3 is 0 Å². The fraction of sp³-hybridized carbons (Fsp3) is 0.200. The molecule has 1 aliphatic carbocycles. The van der Waals surface area contributed by atoms with Gasteiger partial charge in [0.05, 0.1) is 12.6 Å². The zero-order valence-corrected chi connectivity index (χ0v) is 15.2. The molecule has 5 nitrogen and oxygen atoms in total. The van der Waals surface area contributed by atoms with Crippen LogP contribution in [0.3, 0.4) is 0 Å². The summed E-state index contributed by atoms with van der Waals surface area (Å²) in [5.41, 5.74) is 0.960. The second kappa shape index (κ2) is 5.79. The quantitative estimate of drug-likeness (QED) is 0.581. The molecule has 2 aromatic carbocycles. The van der Waals surface area contributed by atoms with Crippen LogP contribution >= 0.6 is 11.5 Å². The van der Waals surface area contributed by atoms with E-state index in [1.807, 2.05) is 4.57 Å². The number of benzene rings is 2. The Kier molecular flexibility index (Phi) is 3.48. The number of nitrogens with zero attached hydrogens (tertiary/aromatic N) is 1. The van der Waals surface area contributed by atoms with E-state index in [9.17, 15) is 14.0 Å². The van der Waals surface area contributed by atoms with E-state index in [-0.39, 0.29) is 16.8 Å². The van der Waals surface area contributed by atoms with Crippen molar-refractivity contribution >= 4 is 32.7 Å². The molecule has 7 heteroatoms. The van der Waals surface area contributed by atoms with Crippen molar-refractivity contribution in [2.45, 2.75) is 18.9 Å². The zero-order valence-electron chi connectivity index (χ0n) is 14.4. The molecule has 0 bridgehead atoms. The van der Waals surface area contributed by atoms with Gasteiger partial charge in [-0.15, -0.1) is 0 Å². The maximum absolute atomic E-state index is 14.9. The Bertz CT molecular complexity index is 1310. The van der Waals surface area contributed by atoms with E-state index >= 15 is 0 Å². The zero-order chi connectivity index (χ0) is 18.7. The second-order valence-corrected chi connectivity index (χ2v) is 7.52. The third kappa shape index (κ3) is 2.42. The van der Waals surface area contributed by atoms with Gasteiger partial charge in [0.1, 0.15) is 21.8 Å². The summed E-state index contributed by atoms with van der Waals surface area (Å²) in [6.45, 7) is 0. The molecule has 136 valence electrons. The summed E-state index contributed by atoms with van der Waals surface area (Å²) in [6, 6.07) is 10.3. The van der Waals surface area contributed by atoms with Crippen molar-refractivity contribution in [2.75, 3.05) is 7.11 Å². The predicted octanol–water partition coefficient (Wildman–Crippen LogP) is 4.05. The molecule has 5 rings (SSSR count). The summed E-state index contributed by atoms with van der Waals surface area (Å²) in [5.74, 6) is 0.201. The van der Waals surface area contributed by atoms with Crippen molar-refractivity contribution in [3.63, 3.8) is 0 Å². The molecular formula is C20H15FN2O3S. The largest absolute Gasteiger partial charge is 0.497 e. The molecule has 4 aromatic rings. The Morgan fingerprint density at radius 2 is 1.93 bits per heavy atom. The lowest BCUT2D eigenvalue weighted by atomic mass is 10.0. The molecular weight excluding hydrogens is 367 g/mol. The third-order valence-electron chi connectivity index (χ3n) is 5.03. The lowest BCUT2D eigenvalue weighted by molar-refractivity contribution is 0.415. The normalized spacial score (nSPS) is 14.1. The number of aromatic amines is 1. The van der Waals surface area contributed by atoms with Gasteiger partial charge in [-0.05, 0) is 54.2 Å². The van der Waals surface area contributed by atoms with E-state index in [1.54, 1.807) is 37.4 Å². The number of rotatable bonds is 3. The number of fused-ring (bicyclic) bond motifs is 2. The third-order valence-corrected chi connectivity index (χ3v) is 5.91. The van der Waals surface area contributed by atoms with Gasteiger partial charge in [-0.1, -0.05) is 12.1 Å².